The molecule has 0 unspecified atom stereocenters. The van der Waals surface area contributed by atoms with E-state index < -0.39 is 0 Å². The fraction of sp³-hybridized carbons (Fsp3) is 0.250. The van der Waals surface area contributed by atoms with E-state index in [4.69, 9.17) is 11.6 Å². The van der Waals surface area contributed by atoms with Crippen LogP contribution in [-0.4, -0.2) is 13.1 Å². The number of hydrogen-bond acceptors (Lipinski definition) is 2. The van der Waals surface area contributed by atoms with Crippen LogP contribution in [0.15, 0.2) is 76.5 Å². The molecule has 0 amide bonds. The second-order valence-electron chi connectivity index (χ2n) is 7.31. The first-order chi connectivity index (χ1) is 13.6. The van der Waals surface area contributed by atoms with E-state index in [9.17, 15) is 4.39 Å². The molecule has 0 radical (unpaired) electrons. The van der Waals surface area contributed by atoms with Crippen molar-refractivity contribution in [1.82, 2.24) is 0 Å². The van der Waals surface area contributed by atoms with E-state index in [-0.39, 0.29) is 25.2 Å². The average Bonchev–Trinajstić information content (AvgIpc) is 2.70. The van der Waals surface area contributed by atoms with Gasteiger partial charge in [0.2, 0.25) is 0 Å². The summed E-state index contributed by atoms with van der Waals surface area (Å²) in [4.78, 5) is 4.94. The Morgan fingerprint density at radius 1 is 0.966 bits per heavy atom. The fourth-order valence-corrected chi connectivity index (χ4v) is 4.94. The summed E-state index contributed by atoms with van der Waals surface area (Å²) in [6, 6.07) is 22.3. The van der Waals surface area contributed by atoms with Gasteiger partial charge in [0.25, 0.3) is 0 Å². The van der Waals surface area contributed by atoms with Crippen molar-refractivity contribution in [2.24, 2.45) is 0 Å². The molecule has 0 aliphatic carbocycles. The van der Waals surface area contributed by atoms with E-state index in [2.05, 4.69) is 60.4 Å². The molecule has 0 bridgehead atoms. The summed E-state index contributed by atoms with van der Waals surface area (Å²) in [5.41, 5.74) is 3.34. The second kappa shape index (κ2) is 9.92. The molecule has 1 heterocycles. The topological polar surface area (TPSA) is 3.24 Å². The first-order valence-corrected chi connectivity index (χ1v) is 10.8. The zero-order valence-electron chi connectivity index (χ0n) is 16.4. The first kappa shape index (κ1) is 22.1. The Morgan fingerprint density at radius 2 is 1.66 bits per heavy atom. The summed E-state index contributed by atoms with van der Waals surface area (Å²) in [7, 11) is 0. The molecule has 1 aliphatic rings. The van der Waals surface area contributed by atoms with Crippen molar-refractivity contribution in [3.8, 4) is 0 Å². The Hall–Kier alpha value is -1.62. The van der Waals surface area contributed by atoms with Crippen LogP contribution in [0.3, 0.4) is 0 Å². The molecule has 152 valence electrons. The van der Waals surface area contributed by atoms with Gasteiger partial charge in [-0.25, -0.2) is 4.39 Å². The number of nitrogens with zero attached hydrogens (tertiary/aromatic N) is 1. The lowest BCUT2D eigenvalue weighted by atomic mass is 9.89. The first-order valence-electron chi connectivity index (χ1n) is 9.63. The molecule has 0 spiro atoms. The van der Waals surface area contributed by atoms with Gasteiger partial charge in [-0.2, -0.15) is 13.5 Å². The van der Waals surface area contributed by atoms with Crippen molar-refractivity contribution in [1.29, 1.82) is 0 Å². The van der Waals surface area contributed by atoms with Crippen molar-refractivity contribution >= 4 is 42.5 Å². The summed E-state index contributed by atoms with van der Waals surface area (Å²) in [5.74, 6) is 0.0757. The molecule has 0 atom stereocenters. The molecule has 4 rings (SSSR count). The molecule has 1 nitrogen and oxygen atoms in total. The molecule has 1 aliphatic heterocycles. The van der Waals surface area contributed by atoms with Gasteiger partial charge in [-0.15, -0.1) is 0 Å². The summed E-state index contributed by atoms with van der Waals surface area (Å²) in [6.45, 7) is 3.96. The van der Waals surface area contributed by atoms with Crippen molar-refractivity contribution in [2.75, 3.05) is 18.0 Å². The highest BCUT2D eigenvalue weighted by Crippen LogP contribution is 2.38. The summed E-state index contributed by atoms with van der Waals surface area (Å²) >= 11 is 7.70. The van der Waals surface area contributed by atoms with Gasteiger partial charge in [0, 0.05) is 27.9 Å². The number of halogens is 2. The van der Waals surface area contributed by atoms with Gasteiger partial charge < -0.3 is 4.90 Å². The van der Waals surface area contributed by atoms with Crippen LogP contribution in [0, 0.1) is 12.7 Å². The fourth-order valence-electron chi connectivity index (χ4n) is 3.80. The molecule has 0 N–H and O–H groups in total. The third kappa shape index (κ3) is 5.30. The van der Waals surface area contributed by atoms with Crippen LogP contribution < -0.4 is 4.90 Å². The zero-order chi connectivity index (χ0) is 19.5. The van der Waals surface area contributed by atoms with E-state index in [0.29, 0.717) is 5.02 Å². The SMILES string of the molecule is Cc1ccc(Sc2ccccc2N2CCC(c3ccc(Cl)cc3F)CC2)cc1.S. The molecule has 3 aromatic carbocycles. The summed E-state index contributed by atoms with van der Waals surface area (Å²) < 4.78 is 14.3. The zero-order valence-corrected chi connectivity index (χ0v) is 18.9. The Morgan fingerprint density at radius 3 is 2.34 bits per heavy atom. The highest BCUT2D eigenvalue weighted by Gasteiger charge is 2.24. The Labute approximate surface area is 188 Å². The molecular weight excluding hydrogens is 421 g/mol. The highest BCUT2D eigenvalue weighted by molar-refractivity contribution is 7.99. The third-order valence-corrected chi connectivity index (χ3v) is 6.66. The Kier molecular flexibility index (Phi) is 7.55. The van der Waals surface area contributed by atoms with E-state index in [0.717, 1.165) is 31.5 Å². The predicted molar refractivity (Wildman–Crippen MR) is 128 cm³/mol. The maximum atomic E-state index is 14.3. The standard InChI is InChI=1S/C24H23ClFNS.H2S/c1-17-6-9-20(10-7-17)28-24-5-3-2-4-23(24)27-14-12-18(13-15-27)21-11-8-19(25)16-22(21)26;/h2-11,16,18H,12-15H2,1H3;1H2. The quantitative estimate of drug-likeness (QED) is 0.410. The van der Waals surface area contributed by atoms with Crippen molar-refractivity contribution in [3.63, 3.8) is 0 Å². The number of anilines is 1. The van der Waals surface area contributed by atoms with Crippen LogP contribution in [0.1, 0.15) is 29.9 Å². The van der Waals surface area contributed by atoms with Gasteiger partial charge in [0.05, 0.1) is 5.69 Å². The van der Waals surface area contributed by atoms with Crippen LogP contribution in [0.4, 0.5) is 10.1 Å². The van der Waals surface area contributed by atoms with Crippen molar-refractivity contribution in [3.05, 3.63) is 88.7 Å². The highest BCUT2D eigenvalue weighted by atomic mass is 35.5. The van der Waals surface area contributed by atoms with Gasteiger partial charge in [-0.3, -0.25) is 0 Å². The van der Waals surface area contributed by atoms with Gasteiger partial charge in [-0.1, -0.05) is 59.3 Å². The molecule has 1 saturated heterocycles. The molecule has 0 aromatic heterocycles. The van der Waals surface area contributed by atoms with Gasteiger partial charge in [0.1, 0.15) is 5.82 Å². The van der Waals surface area contributed by atoms with Crippen molar-refractivity contribution < 1.29 is 4.39 Å². The van der Waals surface area contributed by atoms with E-state index in [1.807, 2.05) is 6.07 Å². The maximum absolute atomic E-state index is 14.3. The van der Waals surface area contributed by atoms with Crippen LogP contribution in [0.2, 0.25) is 5.02 Å². The van der Waals surface area contributed by atoms with Crippen LogP contribution in [0.5, 0.6) is 0 Å². The summed E-state index contributed by atoms with van der Waals surface area (Å²) in [5, 5.41) is 0.459. The van der Waals surface area contributed by atoms with Crippen LogP contribution >= 0.6 is 36.9 Å². The molecule has 3 aromatic rings. The minimum Gasteiger partial charge on any atom is -0.371 e. The van der Waals surface area contributed by atoms with Gasteiger partial charge in [-0.05, 0) is 67.6 Å². The normalized spacial score (nSPS) is 14.5. The molecule has 1 fully saturated rings. The minimum absolute atomic E-state index is 0. The number of benzene rings is 3. The number of rotatable bonds is 4. The average molecular weight is 446 g/mol. The van der Waals surface area contributed by atoms with E-state index in [1.54, 1.807) is 17.8 Å². The molecule has 0 saturated carbocycles. The summed E-state index contributed by atoms with van der Waals surface area (Å²) in [6.07, 6.45) is 1.89. The van der Waals surface area contributed by atoms with E-state index >= 15 is 0 Å². The number of piperidine rings is 1. The molecule has 5 heteroatoms. The predicted octanol–water partition coefficient (Wildman–Crippen LogP) is 7.44. The largest absolute Gasteiger partial charge is 0.371 e. The van der Waals surface area contributed by atoms with Crippen molar-refractivity contribution in [2.45, 2.75) is 35.5 Å². The van der Waals surface area contributed by atoms with Crippen LogP contribution in [-0.2, 0) is 0 Å². The van der Waals surface area contributed by atoms with E-state index in [1.165, 1.54) is 27.1 Å². The number of hydrogen-bond donors (Lipinski definition) is 0. The molecular formula is C24H25ClFNS2. The second-order valence-corrected chi connectivity index (χ2v) is 8.86. The smallest absolute Gasteiger partial charge is 0.128 e. The Bertz CT molecular complexity index is 953. The Balaban J connectivity index is 0.00000240. The lowest BCUT2D eigenvalue weighted by Gasteiger charge is -2.35. The lowest BCUT2D eigenvalue weighted by Crippen LogP contribution is -2.33. The maximum Gasteiger partial charge on any atom is 0.128 e. The van der Waals surface area contributed by atoms with Gasteiger partial charge in [0.15, 0.2) is 0 Å². The molecule has 29 heavy (non-hydrogen) atoms. The van der Waals surface area contributed by atoms with Gasteiger partial charge >= 0.3 is 0 Å². The number of para-hydroxylation sites is 1. The van der Waals surface area contributed by atoms with Crippen LogP contribution in [0.25, 0.3) is 0 Å². The monoisotopic (exact) mass is 445 g/mol. The number of aryl methyl sites for hydroxylation is 1. The minimum atomic E-state index is -0.179. The lowest BCUT2D eigenvalue weighted by molar-refractivity contribution is 0.481. The third-order valence-electron chi connectivity index (χ3n) is 5.35.